The summed E-state index contributed by atoms with van der Waals surface area (Å²) in [5, 5.41) is 1.02. The van der Waals surface area contributed by atoms with E-state index in [1.54, 1.807) is 11.3 Å². The van der Waals surface area contributed by atoms with Crippen LogP contribution in [0.2, 0.25) is 0 Å². The summed E-state index contributed by atoms with van der Waals surface area (Å²) in [4.78, 5) is 11.1. The van der Waals surface area contributed by atoms with Crippen molar-refractivity contribution in [3.05, 3.63) is 51.6 Å². The number of halogens is 1. The van der Waals surface area contributed by atoms with Crippen molar-refractivity contribution >= 4 is 27.3 Å². The molecule has 2 heterocycles. The van der Waals surface area contributed by atoms with Crippen LogP contribution < -0.4 is 5.48 Å². The number of nitrogens with one attached hydrogen (secondary N) is 1. The summed E-state index contributed by atoms with van der Waals surface area (Å²) < 4.78 is 0.905. The van der Waals surface area contributed by atoms with Gasteiger partial charge in [0.05, 0.1) is 4.88 Å². The highest BCUT2D eigenvalue weighted by Gasteiger charge is 2.25. The van der Waals surface area contributed by atoms with E-state index in [9.17, 15) is 0 Å². The first-order valence-corrected chi connectivity index (χ1v) is 7.16. The quantitative estimate of drug-likeness (QED) is 0.848. The van der Waals surface area contributed by atoms with Gasteiger partial charge in [-0.1, -0.05) is 30.3 Å². The van der Waals surface area contributed by atoms with Gasteiger partial charge in [0.15, 0.2) is 0 Å². The highest BCUT2D eigenvalue weighted by molar-refractivity contribution is 9.11. The molecule has 2 aromatic rings. The topological polar surface area (TPSA) is 34.1 Å². The zero-order valence-electron chi connectivity index (χ0n) is 9.68. The molecule has 1 atom stereocenters. The SMILES string of the molecule is CC1=C(Br)NO[C@@H]1c1cnc(-c2ccccc2)s1. The lowest BCUT2D eigenvalue weighted by atomic mass is 10.2. The van der Waals surface area contributed by atoms with E-state index in [4.69, 9.17) is 4.84 Å². The van der Waals surface area contributed by atoms with E-state index in [0.717, 1.165) is 25.6 Å². The van der Waals surface area contributed by atoms with Crippen molar-refractivity contribution in [2.75, 3.05) is 0 Å². The minimum absolute atomic E-state index is 0.0469. The monoisotopic (exact) mass is 322 g/mol. The lowest BCUT2D eigenvalue weighted by Gasteiger charge is -2.05. The maximum absolute atomic E-state index is 5.51. The van der Waals surface area contributed by atoms with Crippen LogP contribution in [0.5, 0.6) is 0 Å². The standard InChI is InChI=1S/C13H11BrN2OS/c1-8-11(17-16-12(8)14)10-7-15-13(18-10)9-5-3-2-4-6-9/h2-7,11,16H,1H3/t11-/m0/s1. The molecule has 1 aliphatic heterocycles. The number of benzene rings is 1. The summed E-state index contributed by atoms with van der Waals surface area (Å²) >= 11 is 5.08. The molecule has 1 aliphatic rings. The van der Waals surface area contributed by atoms with Gasteiger partial charge >= 0.3 is 0 Å². The Balaban J connectivity index is 1.91. The summed E-state index contributed by atoms with van der Waals surface area (Å²) in [6, 6.07) is 10.2. The van der Waals surface area contributed by atoms with Gasteiger partial charge in [-0.05, 0) is 28.4 Å². The predicted molar refractivity (Wildman–Crippen MR) is 76.1 cm³/mol. The Labute approximate surface area is 118 Å². The van der Waals surface area contributed by atoms with Crippen LogP contribution in [-0.2, 0) is 4.84 Å². The zero-order valence-corrected chi connectivity index (χ0v) is 12.1. The van der Waals surface area contributed by atoms with Gasteiger partial charge in [0.1, 0.15) is 15.7 Å². The summed E-state index contributed by atoms with van der Waals surface area (Å²) in [6.07, 6.45) is 1.84. The van der Waals surface area contributed by atoms with Gasteiger partial charge < -0.3 is 0 Å². The van der Waals surface area contributed by atoms with Crippen LogP contribution in [0.25, 0.3) is 10.6 Å². The van der Waals surface area contributed by atoms with Crippen LogP contribution in [0, 0.1) is 0 Å². The van der Waals surface area contributed by atoms with Gasteiger partial charge in [-0.25, -0.2) is 4.98 Å². The second-order valence-electron chi connectivity index (χ2n) is 4.03. The first-order valence-electron chi connectivity index (χ1n) is 5.55. The van der Waals surface area contributed by atoms with Crippen LogP contribution in [0.4, 0.5) is 0 Å². The second kappa shape index (κ2) is 4.84. The average Bonchev–Trinajstić information content (AvgIpc) is 3.00. The molecule has 3 nitrogen and oxygen atoms in total. The average molecular weight is 323 g/mol. The number of nitrogens with zero attached hydrogens (tertiary/aromatic N) is 1. The molecule has 0 saturated heterocycles. The maximum Gasteiger partial charge on any atom is 0.145 e. The van der Waals surface area contributed by atoms with Crippen molar-refractivity contribution in [3.8, 4) is 10.6 Å². The number of hydrogen-bond acceptors (Lipinski definition) is 4. The Morgan fingerprint density at radius 2 is 2.11 bits per heavy atom. The molecule has 0 unspecified atom stereocenters. The molecule has 18 heavy (non-hydrogen) atoms. The normalized spacial score (nSPS) is 19.1. The Kier molecular flexibility index (Phi) is 3.20. The molecule has 1 N–H and O–H groups in total. The summed E-state index contributed by atoms with van der Waals surface area (Å²) in [5.74, 6) is 0. The minimum atomic E-state index is -0.0469. The molecule has 0 radical (unpaired) electrons. The van der Waals surface area contributed by atoms with E-state index in [1.807, 2.05) is 31.3 Å². The molecule has 92 valence electrons. The maximum atomic E-state index is 5.51. The fraction of sp³-hybridized carbons (Fsp3) is 0.154. The van der Waals surface area contributed by atoms with Crippen molar-refractivity contribution in [2.24, 2.45) is 0 Å². The minimum Gasteiger partial charge on any atom is -0.262 e. The number of hydroxylamine groups is 1. The van der Waals surface area contributed by atoms with Crippen LogP contribution in [0.1, 0.15) is 17.9 Å². The first-order chi connectivity index (χ1) is 8.75. The number of rotatable bonds is 2. The Morgan fingerprint density at radius 3 is 2.78 bits per heavy atom. The Hall–Kier alpha value is -1.17. The number of hydrogen-bond donors (Lipinski definition) is 1. The van der Waals surface area contributed by atoms with Crippen molar-refractivity contribution in [1.82, 2.24) is 10.5 Å². The molecule has 0 fully saturated rings. The van der Waals surface area contributed by atoms with Gasteiger partial charge in [-0.15, -0.1) is 11.3 Å². The summed E-state index contributed by atoms with van der Waals surface area (Å²) in [5.41, 5.74) is 5.12. The van der Waals surface area contributed by atoms with Crippen molar-refractivity contribution in [2.45, 2.75) is 13.0 Å². The second-order valence-corrected chi connectivity index (χ2v) is 5.89. The van der Waals surface area contributed by atoms with E-state index >= 15 is 0 Å². The molecule has 0 bridgehead atoms. The lowest BCUT2D eigenvalue weighted by Crippen LogP contribution is -2.04. The summed E-state index contributed by atoms with van der Waals surface area (Å²) in [7, 11) is 0. The third-order valence-corrected chi connectivity index (χ3v) is 4.69. The largest absolute Gasteiger partial charge is 0.262 e. The molecular formula is C13H11BrN2OS. The van der Waals surface area contributed by atoms with Gasteiger partial charge in [0.25, 0.3) is 0 Å². The molecule has 1 aromatic carbocycles. The Morgan fingerprint density at radius 1 is 1.33 bits per heavy atom. The molecule has 0 saturated carbocycles. The van der Waals surface area contributed by atoms with E-state index in [1.165, 1.54) is 0 Å². The predicted octanol–water partition coefficient (Wildman–Crippen LogP) is 4.01. The van der Waals surface area contributed by atoms with Crippen LogP contribution in [-0.4, -0.2) is 4.98 Å². The van der Waals surface area contributed by atoms with Crippen LogP contribution in [0.15, 0.2) is 46.7 Å². The Bertz CT molecular complexity index is 594. The van der Waals surface area contributed by atoms with Crippen molar-refractivity contribution < 1.29 is 4.84 Å². The zero-order chi connectivity index (χ0) is 12.5. The first kappa shape index (κ1) is 11.9. The van der Waals surface area contributed by atoms with E-state index in [2.05, 4.69) is 38.5 Å². The van der Waals surface area contributed by atoms with Gasteiger partial charge in [-0.3, -0.25) is 10.3 Å². The van der Waals surface area contributed by atoms with Crippen molar-refractivity contribution in [3.63, 3.8) is 0 Å². The number of aromatic nitrogens is 1. The van der Waals surface area contributed by atoms with Gasteiger partial charge in [0, 0.05) is 11.8 Å². The molecule has 0 aliphatic carbocycles. The third-order valence-electron chi connectivity index (χ3n) is 2.81. The highest BCUT2D eigenvalue weighted by Crippen LogP contribution is 2.38. The molecule has 0 spiro atoms. The van der Waals surface area contributed by atoms with Gasteiger partial charge in [0.2, 0.25) is 0 Å². The third kappa shape index (κ3) is 2.09. The smallest absolute Gasteiger partial charge is 0.145 e. The van der Waals surface area contributed by atoms with Crippen LogP contribution in [0.3, 0.4) is 0 Å². The molecule has 0 amide bonds. The molecular weight excluding hydrogens is 312 g/mol. The van der Waals surface area contributed by atoms with Crippen LogP contribution >= 0.6 is 27.3 Å². The van der Waals surface area contributed by atoms with E-state index in [-0.39, 0.29) is 6.10 Å². The number of thiazole rings is 1. The van der Waals surface area contributed by atoms with Gasteiger partial charge in [-0.2, -0.15) is 0 Å². The fourth-order valence-electron chi connectivity index (χ4n) is 1.79. The lowest BCUT2D eigenvalue weighted by molar-refractivity contribution is 0.0435. The molecule has 5 heteroatoms. The molecule has 1 aromatic heterocycles. The van der Waals surface area contributed by atoms with E-state index in [0.29, 0.717) is 0 Å². The summed E-state index contributed by atoms with van der Waals surface area (Å²) in [6.45, 7) is 2.04. The van der Waals surface area contributed by atoms with E-state index < -0.39 is 0 Å². The molecule has 3 rings (SSSR count). The highest BCUT2D eigenvalue weighted by atomic mass is 79.9. The van der Waals surface area contributed by atoms with Crippen molar-refractivity contribution in [1.29, 1.82) is 0 Å². The fourth-order valence-corrected chi connectivity index (χ4v) is 3.11.